The molecule has 0 aromatic carbocycles. The van der Waals surface area contributed by atoms with Crippen molar-refractivity contribution in [2.45, 2.75) is 26.7 Å². The molecule has 4 rings (SSSR count). The largest absolute Gasteiger partial charge is 0.298 e. The van der Waals surface area contributed by atoms with E-state index >= 15 is 0 Å². The monoisotopic (exact) mass is 342 g/mol. The fourth-order valence-electron chi connectivity index (χ4n) is 3.43. The van der Waals surface area contributed by atoms with Gasteiger partial charge in [-0.1, -0.05) is 25.4 Å². The molecule has 0 bridgehead atoms. The summed E-state index contributed by atoms with van der Waals surface area (Å²) in [6, 6.07) is 3.42. The van der Waals surface area contributed by atoms with E-state index in [9.17, 15) is 9.59 Å². The Labute approximate surface area is 142 Å². The number of nitrogens with zero attached hydrogens (tertiary/aromatic N) is 4. The van der Waals surface area contributed by atoms with Crippen LogP contribution in [0.3, 0.4) is 0 Å². The summed E-state index contributed by atoms with van der Waals surface area (Å²) in [4.78, 5) is 28.3. The summed E-state index contributed by atoms with van der Waals surface area (Å²) in [6.07, 6.45) is 5.47. The third-order valence-electron chi connectivity index (χ3n) is 4.48. The molecule has 0 saturated heterocycles. The maximum Gasteiger partial charge on any atom is 0.297 e. The zero-order valence-corrected chi connectivity index (χ0v) is 14.0. The third kappa shape index (κ3) is 2.10. The Bertz CT molecular complexity index is 1050. The minimum atomic E-state index is -0.317. The van der Waals surface area contributed by atoms with Crippen molar-refractivity contribution in [3.63, 3.8) is 0 Å². The van der Waals surface area contributed by atoms with E-state index in [1.165, 1.54) is 17.8 Å². The molecular formula is C17H15ClN4O2. The molecule has 0 spiro atoms. The van der Waals surface area contributed by atoms with E-state index in [1.54, 1.807) is 6.33 Å². The Balaban J connectivity index is 1.95. The molecule has 1 aliphatic rings. The van der Waals surface area contributed by atoms with Crippen LogP contribution in [0, 0.1) is 5.41 Å². The van der Waals surface area contributed by atoms with E-state index in [0.717, 1.165) is 23.2 Å². The van der Waals surface area contributed by atoms with E-state index in [-0.39, 0.29) is 27.4 Å². The SMILES string of the molecule is CC1(C)Cc2cc3c(=O)n(-c4nccc(Cl)c4C=O)ncn3c2C1. The van der Waals surface area contributed by atoms with Gasteiger partial charge < -0.3 is 0 Å². The first-order chi connectivity index (χ1) is 11.4. The van der Waals surface area contributed by atoms with E-state index in [0.29, 0.717) is 11.8 Å². The molecular weight excluding hydrogens is 328 g/mol. The summed E-state index contributed by atoms with van der Waals surface area (Å²) in [6.45, 7) is 4.42. The molecule has 0 atom stereocenters. The van der Waals surface area contributed by atoms with E-state index < -0.39 is 0 Å². The molecule has 0 aliphatic heterocycles. The second-order valence-electron chi connectivity index (χ2n) is 6.89. The van der Waals surface area contributed by atoms with Gasteiger partial charge in [0, 0.05) is 11.9 Å². The molecule has 6 nitrogen and oxygen atoms in total. The predicted octanol–water partition coefficient (Wildman–Crippen LogP) is 2.47. The number of rotatable bonds is 2. The highest BCUT2D eigenvalue weighted by Crippen LogP contribution is 2.37. The maximum atomic E-state index is 12.9. The van der Waals surface area contributed by atoms with Gasteiger partial charge in [0.1, 0.15) is 11.8 Å². The number of halogens is 1. The number of carbonyl (C=O) groups excluding carboxylic acids is 1. The molecule has 0 unspecified atom stereocenters. The van der Waals surface area contributed by atoms with Crippen LogP contribution in [-0.2, 0) is 12.8 Å². The first-order valence-electron chi connectivity index (χ1n) is 7.62. The van der Waals surface area contributed by atoms with Gasteiger partial charge in [0.05, 0.1) is 10.6 Å². The Kier molecular flexibility index (Phi) is 3.15. The summed E-state index contributed by atoms with van der Waals surface area (Å²) in [5, 5.41) is 4.45. The van der Waals surface area contributed by atoms with Gasteiger partial charge in [0.25, 0.3) is 5.56 Å². The number of fused-ring (bicyclic) bond motifs is 3. The highest BCUT2D eigenvalue weighted by atomic mass is 35.5. The smallest absolute Gasteiger partial charge is 0.297 e. The third-order valence-corrected chi connectivity index (χ3v) is 4.80. The van der Waals surface area contributed by atoms with Gasteiger partial charge in [0.2, 0.25) is 0 Å². The van der Waals surface area contributed by atoms with Gasteiger partial charge in [-0.2, -0.15) is 9.78 Å². The van der Waals surface area contributed by atoms with Crippen molar-refractivity contribution < 1.29 is 4.79 Å². The highest BCUT2D eigenvalue weighted by Gasteiger charge is 2.32. The van der Waals surface area contributed by atoms with Crippen LogP contribution in [-0.4, -0.2) is 25.5 Å². The summed E-state index contributed by atoms with van der Waals surface area (Å²) in [5.41, 5.74) is 2.86. The van der Waals surface area contributed by atoms with E-state index in [2.05, 4.69) is 23.9 Å². The van der Waals surface area contributed by atoms with Crippen LogP contribution < -0.4 is 5.56 Å². The highest BCUT2D eigenvalue weighted by molar-refractivity contribution is 6.33. The normalized spacial score (nSPS) is 15.6. The molecule has 122 valence electrons. The number of hydrogen-bond donors (Lipinski definition) is 0. The van der Waals surface area contributed by atoms with Crippen molar-refractivity contribution >= 4 is 23.4 Å². The number of aldehydes is 1. The van der Waals surface area contributed by atoms with Gasteiger partial charge in [-0.15, -0.1) is 0 Å². The van der Waals surface area contributed by atoms with Gasteiger partial charge in [-0.25, -0.2) is 4.98 Å². The Hall–Kier alpha value is -2.47. The summed E-state index contributed by atoms with van der Waals surface area (Å²) in [5.74, 6) is 0.145. The fraction of sp³-hybridized carbons (Fsp3) is 0.294. The molecule has 0 amide bonds. The quantitative estimate of drug-likeness (QED) is 0.671. The molecule has 0 N–H and O–H groups in total. The lowest BCUT2D eigenvalue weighted by molar-refractivity contribution is 0.112. The zero-order valence-electron chi connectivity index (χ0n) is 13.3. The zero-order chi connectivity index (χ0) is 17.1. The summed E-state index contributed by atoms with van der Waals surface area (Å²) >= 11 is 6.02. The average Bonchev–Trinajstić information content (AvgIpc) is 3.00. The summed E-state index contributed by atoms with van der Waals surface area (Å²) < 4.78 is 2.97. The molecule has 24 heavy (non-hydrogen) atoms. The number of aromatic nitrogens is 4. The molecule has 3 heterocycles. The molecule has 3 aromatic rings. The van der Waals surface area contributed by atoms with Crippen LogP contribution in [0.4, 0.5) is 0 Å². The van der Waals surface area contributed by atoms with Gasteiger partial charge in [-0.3, -0.25) is 14.0 Å². The molecule has 7 heteroatoms. The van der Waals surface area contributed by atoms with Crippen molar-refractivity contribution in [3.8, 4) is 5.82 Å². The van der Waals surface area contributed by atoms with Gasteiger partial charge in [-0.05, 0) is 36.0 Å². The fourth-order valence-corrected chi connectivity index (χ4v) is 3.62. The van der Waals surface area contributed by atoms with Crippen LogP contribution in [0.5, 0.6) is 0 Å². The van der Waals surface area contributed by atoms with Crippen molar-refractivity contribution in [1.29, 1.82) is 0 Å². The summed E-state index contributed by atoms with van der Waals surface area (Å²) in [7, 11) is 0. The second-order valence-corrected chi connectivity index (χ2v) is 7.29. The lowest BCUT2D eigenvalue weighted by Crippen LogP contribution is -2.25. The van der Waals surface area contributed by atoms with Crippen molar-refractivity contribution in [1.82, 2.24) is 19.2 Å². The minimum absolute atomic E-state index is 0.145. The van der Waals surface area contributed by atoms with E-state index in [4.69, 9.17) is 11.6 Å². The van der Waals surface area contributed by atoms with Crippen LogP contribution >= 0.6 is 11.6 Å². The molecule has 0 fully saturated rings. The molecule has 0 saturated carbocycles. The van der Waals surface area contributed by atoms with Crippen LogP contribution in [0.1, 0.15) is 35.5 Å². The van der Waals surface area contributed by atoms with Gasteiger partial charge >= 0.3 is 0 Å². The second kappa shape index (κ2) is 5.01. The maximum absolute atomic E-state index is 12.9. The van der Waals surface area contributed by atoms with Crippen LogP contribution in [0.2, 0.25) is 5.02 Å². The Morgan fingerprint density at radius 1 is 1.33 bits per heavy atom. The van der Waals surface area contributed by atoms with Crippen molar-refractivity contribution in [2.24, 2.45) is 5.41 Å². The number of hydrogen-bond acceptors (Lipinski definition) is 4. The van der Waals surface area contributed by atoms with Gasteiger partial charge in [0.15, 0.2) is 12.1 Å². The lowest BCUT2D eigenvalue weighted by atomic mass is 9.90. The molecule has 1 aliphatic carbocycles. The van der Waals surface area contributed by atoms with Crippen LogP contribution in [0.15, 0.2) is 29.5 Å². The van der Waals surface area contributed by atoms with Crippen LogP contribution in [0.25, 0.3) is 11.3 Å². The van der Waals surface area contributed by atoms with Crippen molar-refractivity contribution in [2.75, 3.05) is 0 Å². The number of carbonyl (C=O) groups is 1. The standard InChI is InChI=1S/C17H15ClN4O2/c1-17(2)6-10-5-13-16(24)22(20-9-21(13)14(10)7-17)15-11(8-23)12(18)3-4-19-15/h3-5,8-9H,6-7H2,1-2H3. The Morgan fingerprint density at radius 2 is 2.12 bits per heavy atom. The minimum Gasteiger partial charge on any atom is -0.298 e. The first kappa shape index (κ1) is 15.1. The Morgan fingerprint density at radius 3 is 2.88 bits per heavy atom. The first-order valence-corrected chi connectivity index (χ1v) is 8.00. The molecule has 0 radical (unpaired) electrons. The lowest BCUT2D eigenvalue weighted by Gasteiger charge is -2.16. The average molecular weight is 343 g/mol. The number of pyridine rings is 1. The van der Waals surface area contributed by atoms with E-state index in [1.807, 2.05) is 10.5 Å². The molecule has 3 aromatic heterocycles. The predicted molar refractivity (Wildman–Crippen MR) is 90.2 cm³/mol. The van der Waals surface area contributed by atoms with Crippen molar-refractivity contribution in [3.05, 3.63) is 56.9 Å². The topological polar surface area (TPSA) is 69.3 Å².